The van der Waals surface area contributed by atoms with Gasteiger partial charge < -0.3 is 23.8 Å². The molecule has 10 heteroatoms. The second kappa shape index (κ2) is 14.2. The molecule has 3 aliphatic rings. The lowest BCUT2D eigenvalue weighted by atomic mass is 9.92. The molecule has 1 saturated heterocycles. The number of nitrogens with zero attached hydrogens (tertiary/aromatic N) is 4. The van der Waals surface area contributed by atoms with Crippen molar-refractivity contribution in [3.63, 3.8) is 0 Å². The highest BCUT2D eigenvalue weighted by Gasteiger charge is 2.38. The van der Waals surface area contributed by atoms with Crippen LogP contribution in [-0.4, -0.2) is 64.7 Å². The first-order valence-electron chi connectivity index (χ1n) is 17.5. The number of aryl methyl sites for hydroxylation is 2. The third-order valence-electron chi connectivity index (χ3n) is 9.57. The monoisotopic (exact) mass is 684 g/mol. The van der Waals surface area contributed by atoms with Crippen LogP contribution in [0.15, 0.2) is 54.6 Å². The van der Waals surface area contributed by atoms with Crippen molar-refractivity contribution in [3.8, 4) is 28.1 Å². The van der Waals surface area contributed by atoms with E-state index in [4.69, 9.17) is 29.0 Å². The van der Waals surface area contributed by atoms with Gasteiger partial charge >= 0.3 is 5.97 Å². The van der Waals surface area contributed by atoms with Gasteiger partial charge in [-0.25, -0.2) is 14.2 Å². The summed E-state index contributed by atoms with van der Waals surface area (Å²) in [7, 11) is 1.38. The number of piperidine rings is 1. The van der Waals surface area contributed by atoms with Crippen LogP contribution in [0.2, 0.25) is 0 Å². The van der Waals surface area contributed by atoms with E-state index >= 15 is 0 Å². The summed E-state index contributed by atoms with van der Waals surface area (Å²) in [4.78, 5) is 20.7. The van der Waals surface area contributed by atoms with Crippen molar-refractivity contribution in [3.05, 3.63) is 77.3 Å². The van der Waals surface area contributed by atoms with E-state index in [1.165, 1.54) is 13.2 Å². The molecule has 50 heavy (non-hydrogen) atoms. The van der Waals surface area contributed by atoms with Gasteiger partial charge in [-0.15, -0.1) is 0 Å². The lowest BCUT2D eigenvalue weighted by molar-refractivity contribution is -0.164. The Morgan fingerprint density at radius 3 is 2.54 bits per heavy atom. The third-order valence-corrected chi connectivity index (χ3v) is 9.57. The van der Waals surface area contributed by atoms with E-state index in [1.807, 2.05) is 75.5 Å². The van der Waals surface area contributed by atoms with Crippen LogP contribution >= 0.6 is 0 Å². The van der Waals surface area contributed by atoms with Gasteiger partial charge in [0.2, 0.25) is 0 Å². The minimum atomic E-state index is -1.02. The zero-order valence-electron chi connectivity index (χ0n) is 30.5. The number of ether oxygens (including phenoxy) is 4. The molecule has 266 valence electrons. The van der Waals surface area contributed by atoms with Crippen LogP contribution in [0.25, 0.3) is 28.0 Å². The van der Waals surface area contributed by atoms with Gasteiger partial charge in [0.15, 0.2) is 11.8 Å². The van der Waals surface area contributed by atoms with Crippen LogP contribution in [0.4, 0.5) is 10.2 Å². The molecule has 3 aliphatic heterocycles. The number of carbonyl (C=O) groups is 1. The van der Waals surface area contributed by atoms with Gasteiger partial charge in [-0.1, -0.05) is 30.4 Å². The summed E-state index contributed by atoms with van der Waals surface area (Å²) in [6.07, 6.45) is 6.20. The topological polar surface area (TPSA) is 87.4 Å². The number of methoxy groups -OCH3 is 1. The Labute approximate surface area is 294 Å². The summed E-state index contributed by atoms with van der Waals surface area (Å²) < 4.78 is 41.3. The second-order valence-electron chi connectivity index (χ2n) is 14.8. The summed E-state index contributed by atoms with van der Waals surface area (Å²) in [5.41, 5.74) is 4.79. The average molecular weight is 685 g/mol. The van der Waals surface area contributed by atoms with Gasteiger partial charge in [0.25, 0.3) is 0 Å². The molecule has 5 heterocycles. The van der Waals surface area contributed by atoms with Crippen LogP contribution in [0.1, 0.15) is 83.2 Å². The highest BCUT2D eigenvalue weighted by atomic mass is 19.1. The predicted octanol–water partition coefficient (Wildman–Crippen LogP) is 8.34. The summed E-state index contributed by atoms with van der Waals surface area (Å²) in [5, 5.41) is 5.14. The van der Waals surface area contributed by atoms with Gasteiger partial charge in [-0.3, -0.25) is 0 Å². The summed E-state index contributed by atoms with van der Waals surface area (Å²) in [6, 6.07) is 13.3. The minimum Gasteiger partial charge on any atom is -0.490 e. The number of rotatable bonds is 3. The van der Waals surface area contributed by atoms with Crippen LogP contribution in [0.3, 0.4) is 0 Å². The number of hydrogen-bond donors (Lipinski definition) is 0. The van der Waals surface area contributed by atoms with E-state index in [2.05, 4.69) is 24.0 Å². The van der Waals surface area contributed by atoms with Crippen LogP contribution in [0.5, 0.6) is 5.75 Å². The first-order valence-corrected chi connectivity index (χ1v) is 17.5. The first-order chi connectivity index (χ1) is 23.7. The molecule has 2 aromatic carbocycles. The Morgan fingerprint density at radius 2 is 1.82 bits per heavy atom. The van der Waals surface area contributed by atoms with Crippen molar-refractivity contribution in [2.45, 2.75) is 97.6 Å². The Balaban J connectivity index is 1.55. The molecule has 0 unspecified atom stereocenters. The highest BCUT2D eigenvalue weighted by molar-refractivity contribution is 5.81. The number of aromatic nitrogens is 3. The van der Waals surface area contributed by atoms with Gasteiger partial charge in [0, 0.05) is 42.0 Å². The lowest BCUT2D eigenvalue weighted by Gasteiger charge is -2.41. The summed E-state index contributed by atoms with van der Waals surface area (Å²) in [5.74, 6) is 0.446. The zero-order chi connectivity index (χ0) is 35.8. The molecule has 0 radical (unpaired) electrons. The quantitative estimate of drug-likeness (QED) is 0.157. The van der Waals surface area contributed by atoms with Gasteiger partial charge in [-0.2, -0.15) is 9.61 Å². The van der Waals surface area contributed by atoms with E-state index in [0.717, 1.165) is 48.2 Å². The van der Waals surface area contributed by atoms with Gasteiger partial charge in [-0.05, 0) is 97.4 Å². The summed E-state index contributed by atoms with van der Waals surface area (Å²) in [6.45, 7) is 15.5. The molecule has 2 atom stereocenters. The predicted molar refractivity (Wildman–Crippen MR) is 193 cm³/mol. The molecular weight excluding hydrogens is 635 g/mol. The number of anilines is 1. The fraction of sp³-hybridized carbons (Fsp3) is 0.475. The van der Waals surface area contributed by atoms with Crippen LogP contribution in [0, 0.1) is 19.7 Å². The minimum absolute atomic E-state index is 0.128. The Morgan fingerprint density at radius 1 is 1.08 bits per heavy atom. The zero-order valence-corrected chi connectivity index (χ0v) is 30.5. The molecule has 0 saturated carbocycles. The van der Waals surface area contributed by atoms with E-state index in [0.29, 0.717) is 53.6 Å². The number of allylic oxidation sites excluding steroid dienone is 1. The SMILES string of the molecule is COC(=O)[C@@H](OC(C)(C)C)c1c(C)nc2cc3nn2c1N1CCC(C)(CC1)OC/C=C\CC[C@H](C)Oc1cc(F)c(C)cc1-c1cccc-3c1. The highest BCUT2D eigenvalue weighted by Crippen LogP contribution is 2.40. The van der Waals surface area contributed by atoms with E-state index < -0.39 is 17.7 Å². The number of carbonyl (C=O) groups excluding carboxylic acids is 1. The van der Waals surface area contributed by atoms with E-state index in [9.17, 15) is 9.18 Å². The van der Waals surface area contributed by atoms with Gasteiger partial charge in [0.05, 0.1) is 42.3 Å². The molecule has 0 aliphatic carbocycles. The normalized spacial score (nSPS) is 21.3. The largest absolute Gasteiger partial charge is 0.490 e. The fourth-order valence-electron chi connectivity index (χ4n) is 6.76. The van der Waals surface area contributed by atoms with Crippen LogP contribution < -0.4 is 9.64 Å². The fourth-order valence-corrected chi connectivity index (χ4v) is 6.76. The van der Waals surface area contributed by atoms with Crippen molar-refractivity contribution in [1.82, 2.24) is 14.6 Å². The maximum absolute atomic E-state index is 14.9. The molecule has 6 bridgehead atoms. The molecule has 4 aromatic rings. The Bertz CT molecular complexity index is 1900. The van der Waals surface area contributed by atoms with Crippen molar-refractivity contribution in [2.75, 3.05) is 31.7 Å². The standard InChI is InChI=1S/C40H49FN4O5/c1-25-21-30-28-14-12-15-29(22-28)32-24-34-42-27(3)35(36(38(46)47-8)50-39(4,5)6)37(45(34)43-32)44-18-16-40(7,17-19-44)48-20-11-9-10-13-26(2)49-33(30)23-31(25)41/h9,11-12,14-15,21-24,26,36H,10,13,16-20H2,1-8H3/b11-9-/t26-,36-/m0/s1. The third kappa shape index (κ3) is 7.56. The molecule has 1 fully saturated rings. The number of halogens is 1. The molecule has 2 aromatic heterocycles. The average Bonchev–Trinajstić information content (AvgIpc) is 3.49. The second-order valence-corrected chi connectivity index (χ2v) is 14.8. The number of benzene rings is 2. The van der Waals surface area contributed by atoms with Crippen molar-refractivity contribution in [2.24, 2.45) is 0 Å². The molecule has 9 nitrogen and oxygen atoms in total. The molecule has 0 spiro atoms. The Kier molecular flexibility index (Phi) is 10.1. The maximum Gasteiger partial charge on any atom is 0.339 e. The van der Waals surface area contributed by atoms with Crippen LogP contribution in [-0.2, 0) is 19.0 Å². The smallest absolute Gasteiger partial charge is 0.339 e. The molecule has 0 N–H and O–H groups in total. The number of esters is 1. The lowest BCUT2D eigenvalue weighted by Crippen LogP contribution is -2.45. The maximum atomic E-state index is 14.9. The molecule has 0 amide bonds. The van der Waals surface area contributed by atoms with E-state index in [1.54, 1.807) is 6.92 Å². The van der Waals surface area contributed by atoms with Crippen molar-refractivity contribution in [1.29, 1.82) is 0 Å². The Hall–Kier alpha value is -4.28. The first kappa shape index (κ1) is 35.5. The molecule has 7 rings (SSSR count). The number of hydrogen-bond acceptors (Lipinski definition) is 8. The van der Waals surface area contributed by atoms with Crippen molar-refractivity contribution >= 4 is 17.4 Å². The summed E-state index contributed by atoms with van der Waals surface area (Å²) >= 11 is 0. The van der Waals surface area contributed by atoms with E-state index in [-0.39, 0.29) is 17.5 Å². The van der Waals surface area contributed by atoms with Crippen molar-refractivity contribution < 1.29 is 28.1 Å². The number of fused-ring (bicyclic) bond motifs is 8. The molecular formula is C40H49FN4O5. The van der Waals surface area contributed by atoms with Gasteiger partial charge in [0.1, 0.15) is 17.4 Å².